The van der Waals surface area contributed by atoms with Gasteiger partial charge in [-0.1, -0.05) is 76.7 Å². The van der Waals surface area contributed by atoms with Crippen molar-refractivity contribution < 1.29 is 32.0 Å². The molecule has 1 aliphatic carbocycles. The number of hydrogen-bond acceptors (Lipinski definition) is 5. The third-order valence-corrected chi connectivity index (χ3v) is 7.95. The zero-order valence-electron chi connectivity index (χ0n) is 21.6. The molecule has 3 aromatic rings. The standard InChI is InChI=1S/C29H25Cl2F4N3O3/c30-23-13-18(14-24(31)26(23)32)28(29(33,34)35)15-25(38-41-28)21-9-10-22(20-8-4-3-7-19(20)21)27(39)36-11-12-37-40-16-17-5-1-2-6-17/h3-4,7-10,12-14,17H,1-2,5-6,11,15-16H2,(H,36,39)/b37-12+. The molecule has 0 bridgehead atoms. The number of fused-ring (bicyclic) bond motifs is 1. The fraction of sp³-hybridized carbons (Fsp3) is 0.345. The summed E-state index contributed by atoms with van der Waals surface area (Å²) in [5.74, 6) is -0.898. The first-order valence-electron chi connectivity index (χ1n) is 13.0. The van der Waals surface area contributed by atoms with Crippen LogP contribution in [-0.2, 0) is 15.3 Å². The Bertz CT molecular complexity index is 1500. The molecule has 1 atom stereocenters. The minimum atomic E-state index is -4.94. The molecular formula is C29H25Cl2F4N3O3. The molecule has 5 rings (SSSR count). The number of halogens is 6. The van der Waals surface area contributed by atoms with Crippen molar-refractivity contribution in [1.29, 1.82) is 0 Å². The lowest BCUT2D eigenvalue weighted by Crippen LogP contribution is -2.42. The van der Waals surface area contributed by atoms with Crippen LogP contribution in [0, 0.1) is 11.7 Å². The van der Waals surface area contributed by atoms with Crippen molar-refractivity contribution in [3.63, 3.8) is 0 Å². The van der Waals surface area contributed by atoms with Gasteiger partial charge >= 0.3 is 6.18 Å². The molecule has 6 nitrogen and oxygen atoms in total. The van der Waals surface area contributed by atoms with Gasteiger partial charge in [0.1, 0.15) is 6.61 Å². The third-order valence-electron chi connectivity index (χ3n) is 7.40. The van der Waals surface area contributed by atoms with Gasteiger partial charge in [0.25, 0.3) is 11.5 Å². The van der Waals surface area contributed by atoms with Crippen molar-refractivity contribution in [3.05, 3.63) is 81.1 Å². The molecule has 0 saturated heterocycles. The molecule has 41 heavy (non-hydrogen) atoms. The van der Waals surface area contributed by atoms with Gasteiger partial charge in [-0.2, -0.15) is 13.2 Å². The summed E-state index contributed by atoms with van der Waals surface area (Å²) in [5.41, 5.74) is -2.74. The van der Waals surface area contributed by atoms with E-state index in [-0.39, 0.29) is 18.2 Å². The van der Waals surface area contributed by atoms with Gasteiger partial charge in [-0.25, -0.2) is 4.39 Å². The van der Waals surface area contributed by atoms with Crippen LogP contribution in [0.25, 0.3) is 10.8 Å². The van der Waals surface area contributed by atoms with Crippen molar-refractivity contribution in [1.82, 2.24) is 5.32 Å². The summed E-state index contributed by atoms with van der Waals surface area (Å²) >= 11 is 11.6. The van der Waals surface area contributed by atoms with Crippen LogP contribution in [0.15, 0.2) is 58.8 Å². The van der Waals surface area contributed by atoms with Gasteiger partial charge in [0.15, 0.2) is 5.82 Å². The quantitative estimate of drug-likeness (QED) is 0.123. The van der Waals surface area contributed by atoms with Crippen molar-refractivity contribution in [2.24, 2.45) is 16.2 Å². The van der Waals surface area contributed by atoms with E-state index < -0.39 is 39.6 Å². The van der Waals surface area contributed by atoms with Crippen molar-refractivity contribution in [2.45, 2.75) is 43.9 Å². The first-order chi connectivity index (χ1) is 19.6. The highest BCUT2D eigenvalue weighted by molar-refractivity contribution is 6.35. The van der Waals surface area contributed by atoms with Crippen molar-refractivity contribution in [2.75, 3.05) is 13.2 Å². The molecule has 12 heteroatoms. The lowest BCUT2D eigenvalue weighted by molar-refractivity contribution is -0.275. The second kappa shape index (κ2) is 11.9. The lowest BCUT2D eigenvalue weighted by atomic mass is 9.85. The maximum absolute atomic E-state index is 14.5. The van der Waals surface area contributed by atoms with E-state index >= 15 is 0 Å². The first kappa shape index (κ1) is 29.1. The third kappa shape index (κ3) is 5.85. The van der Waals surface area contributed by atoms with Crippen LogP contribution in [0.5, 0.6) is 0 Å². The van der Waals surface area contributed by atoms with E-state index in [0.29, 0.717) is 34.4 Å². The number of nitrogens with one attached hydrogen (secondary N) is 1. The Morgan fingerprint density at radius 1 is 1.12 bits per heavy atom. The van der Waals surface area contributed by atoms with Gasteiger partial charge < -0.3 is 15.0 Å². The number of rotatable bonds is 8. The molecule has 0 aromatic heterocycles. The predicted molar refractivity (Wildman–Crippen MR) is 149 cm³/mol. The minimum absolute atomic E-state index is 0.00593. The minimum Gasteiger partial charge on any atom is -0.396 e. The fourth-order valence-electron chi connectivity index (χ4n) is 5.23. The van der Waals surface area contributed by atoms with E-state index in [9.17, 15) is 22.4 Å². The number of oxime groups is 2. The molecular weight excluding hydrogens is 585 g/mol. The van der Waals surface area contributed by atoms with Crippen LogP contribution in [-0.4, -0.2) is 37.2 Å². The van der Waals surface area contributed by atoms with E-state index in [1.165, 1.54) is 31.2 Å². The molecule has 1 heterocycles. The van der Waals surface area contributed by atoms with Crippen LogP contribution in [0.1, 0.15) is 53.6 Å². The Kier molecular flexibility index (Phi) is 8.42. The molecule has 0 spiro atoms. The van der Waals surface area contributed by atoms with Crippen molar-refractivity contribution >= 4 is 51.8 Å². The highest BCUT2D eigenvalue weighted by Crippen LogP contribution is 2.50. The largest absolute Gasteiger partial charge is 0.435 e. The van der Waals surface area contributed by atoms with Crippen LogP contribution in [0.3, 0.4) is 0 Å². The Hall–Kier alpha value is -3.37. The average molecular weight is 610 g/mol. The summed E-state index contributed by atoms with van der Waals surface area (Å²) in [4.78, 5) is 23.4. The topological polar surface area (TPSA) is 72.3 Å². The summed E-state index contributed by atoms with van der Waals surface area (Å²) in [7, 11) is 0. The SMILES string of the molecule is O=C(NC/C=N/OCC1CCCC1)c1ccc(C2=NOC(c3cc(Cl)c(F)c(Cl)c3)(C(F)(F)F)C2)c2ccccc12. The summed E-state index contributed by atoms with van der Waals surface area (Å²) in [5, 5.41) is 10.3. The summed E-state index contributed by atoms with van der Waals surface area (Å²) in [6.45, 7) is 0.692. The number of carbonyl (C=O) groups excluding carboxylic acids is 1. The molecule has 1 amide bonds. The maximum atomic E-state index is 14.5. The number of amides is 1. The normalized spacial score (nSPS) is 19.5. The zero-order valence-corrected chi connectivity index (χ0v) is 23.1. The maximum Gasteiger partial charge on any atom is 0.435 e. The highest BCUT2D eigenvalue weighted by atomic mass is 35.5. The first-order valence-corrected chi connectivity index (χ1v) is 13.8. The fourth-order valence-corrected chi connectivity index (χ4v) is 5.72. The lowest BCUT2D eigenvalue weighted by Gasteiger charge is -2.29. The molecule has 1 N–H and O–H groups in total. The molecule has 1 saturated carbocycles. The zero-order chi connectivity index (χ0) is 29.2. The molecule has 3 aromatic carbocycles. The van der Waals surface area contributed by atoms with Gasteiger partial charge in [-0.3, -0.25) is 4.79 Å². The van der Waals surface area contributed by atoms with E-state index in [4.69, 9.17) is 32.9 Å². The number of carbonyl (C=O) groups is 1. The average Bonchev–Trinajstić information content (AvgIpc) is 3.64. The molecule has 2 aliphatic rings. The Morgan fingerprint density at radius 3 is 2.49 bits per heavy atom. The number of alkyl halides is 3. The Balaban J connectivity index is 1.36. The summed E-state index contributed by atoms with van der Waals surface area (Å²) in [6.07, 6.45) is 0.505. The molecule has 1 unspecified atom stereocenters. The van der Waals surface area contributed by atoms with Crippen LogP contribution in [0.4, 0.5) is 17.6 Å². The second-order valence-corrected chi connectivity index (χ2v) is 10.8. The predicted octanol–water partition coefficient (Wildman–Crippen LogP) is 7.79. The van der Waals surface area contributed by atoms with Crippen LogP contribution in [0.2, 0.25) is 10.0 Å². The Morgan fingerprint density at radius 2 is 1.80 bits per heavy atom. The molecule has 216 valence electrons. The van der Waals surface area contributed by atoms with E-state index in [0.717, 1.165) is 25.0 Å². The number of benzene rings is 3. The van der Waals surface area contributed by atoms with Gasteiger partial charge in [0, 0.05) is 23.1 Å². The van der Waals surface area contributed by atoms with E-state index in [1.807, 2.05) is 0 Å². The van der Waals surface area contributed by atoms with Gasteiger partial charge in [0.05, 0.1) is 28.5 Å². The molecule has 1 aliphatic heterocycles. The van der Waals surface area contributed by atoms with E-state index in [1.54, 1.807) is 24.3 Å². The van der Waals surface area contributed by atoms with E-state index in [2.05, 4.69) is 15.6 Å². The summed E-state index contributed by atoms with van der Waals surface area (Å²) < 4.78 is 57.4. The molecule has 1 fully saturated rings. The van der Waals surface area contributed by atoms with Gasteiger partial charge in [-0.05, 0) is 47.7 Å². The van der Waals surface area contributed by atoms with Gasteiger partial charge in [0.2, 0.25) is 0 Å². The smallest absolute Gasteiger partial charge is 0.396 e. The Labute approximate surface area is 243 Å². The van der Waals surface area contributed by atoms with Crippen molar-refractivity contribution in [3.8, 4) is 0 Å². The van der Waals surface area contributed by atoms with Crippen LogP contribution < -0.4 is 5.32 Å². The highest BCUT2D eigenvalue weighted by Gasteiger charge is 2.62. The number of nitrogens with zero attached hydrogens (tertiary/aromatic N) is 2. The summed E-state index contributed by atoms with van der Waals surface area (Å²) in [6, 6.07) is 11.5. The van der Waals surface area contributed by atoms with Gasteiger partial charge in [-0.15, -0.1) is 0 Å². The second-order valence-electron chi connectivity index (χ2n) is 10.0. The monoisotopic (exact) mass is 609 g/mol. The van der Waals surface area contributed by atoms with Crippen LogP contribution >= 0.6 is 23.2 Å². The number of hydrogen-bond donors (Lipinski definition) is 1. The molecule has 0 radical (unpaired) electrons.